The number of ether oxygens (including phenoxy) is 1. The summed E-state index contributed by atoms with van der Waals surface area (Å²) in [5.74, 6) is 1.05. The summed E-state index contributed by atoms with van der Waals surface area (Å²) in [7, 11) is 0. The smallest absolute Gasteiger partial charge is 0.242 e. The fraction of sp³-hybridized carbons (Fsp3) is 0.250. The molecule has 0 aliphatic heterocycles. The van der Waals surface area contributed by atoms with Gasteiger partial charge in [-0.1, -0.05) is 0 Å². The van der Waals surface area contributed by atoms with E-state index in [0.717, 1.165) is 5.39 Å². The first-order valence-corrected chi connectivity index (χ1v) is 4.04. The van der Waals surface area contributed by atoms with Crippen LogP contribution in [0.3, 0.4) is 0 Å². The maximum Gasteiger partial charge on any atom is 0.242 e. The molecule has 0 radical (unpaired) electrons. The maximum absolute atomic E-state index is 5.51. The van der Waals surface area contributed by atoms with E-state index < -0.39 is 0 Å². The molecule has 2 rings (SSSR count). The zero-order valence-electron chi connectivity index (χ0n) is 7.24. The van der Waals surface area contributed by atoms with Crippen LogP contribution in [0, 0.1) is 0 Å². The molecule has 0 fully saturated rings. The van der Waals surface area contributed by atoms with Crippen LogP contribution < -0.4 is 10.5 Å². The van der Waals surface area contributed by atoms with Crippen LogP contribution in [0.5, 0.6) is 5.88 Å². The SMILES string of the molecule is CCOc1n[nH]c2nc(N)ccc12. The number of nitrogen functional groups attached to an aromatic ring is 1. The van der Waals surface area contributed by atoms with Crippen molar-refractivity contribution >= 4 is 16.9 Å². The number of nitrogens with one attached hydrogen (secondary N) is 1. The standard InChI is InChI=1S/C8H10N4O/c1-2-13-8-5-3-4-6(9)10-7(5)11-12-8/h3-4H,2H2,1H3,(H3,9,10,11,12). The van der Waals surface area contributed by atoms with E-state index in [1.165, 1.54) is 0 Å². The number of aromatic nitrogens is 3. The molecule has 2 aromatic rings. The molecule has 0 atom stereocenters. The van der Waals surface area contributed by atoms with Gasteiger partial charge in [0.15, 0.2) is 5.65 Å². The van der Waals surface area contributed by atoms with E-state index in [1.54, 1.807) is 6.07 Å². The van der Waals surface area contributed by atoms with Crippen molar-refractivity contribution in [2.45, 2.75) is 6.92 Å². The zero-order chi connectivity index (χ0) is 9.26. The fourth-order valence-electron chi connectivity index (χ4n) is 1.14. The molecule has 3 N–H and O–H groups in total. The molecular weight excluding hydrogens is 168 g/mol. The molecule has 0 unspecified atom stereocenters. The summed E-state index contributed by atoms with van der Waals surface area (Å²) in [6.45, 7) is 2.50. The Labute approximate surface area is 74.9 Å². The van der Waals surface area contributed by atoms with Crippen molar-refractivity contribution in [2.75, 3.05) is 12.3 Å². The van der Waals surface area contributed by atoms with Crippen molar-refractivity contribution in [2.24, 2.45) is 0 Å². The first-order chi connectivity index (χ1) is 6.31. The largest absolute Gasteiger partial charge is 0.476 e. The van der Waals surface area contributed by atoms with Crippen molar-refractivity contribution in [1.82, 2.24) is 15.2 Å². The second kappa shape index (κ2) is 2.93. The second-order valence-electron chi connectivity index (χ2n) is 2.59. The van der Waals surface area contributed by atoms with Crippen LogP contribution >= 0.6 is 0 Å². The van der Waals surface area contributed by atoms with Gasteiger partial charge in [0.05, 0.1) is 12.0 Å². The summed E-state index contributed by atoms with van der Waals surface area (Å²) in [6, 6.07) is 3.56. The van der Waals surface area contributed by atoms with Crippen LogP contribution in [0.1, 0.15) is 6.92 Å². The lowest BCUT2D eigenvalue weighted by molar-refractivity contribution is 0.330. The van der Waals surface area contributed by atoms with Crippen LogP contribution in [0.25, 0.3) is 11.0 Å². The average molecular weight is 178 g/mol. The minimum Gasteiger partial charge on any atom is -0.476 e. The van der Waals surface area contributed by atoms with E-state index >= 15 is 0 Å². The molecule has 13 heavy (non-hydrogen) atoms. The Bertz CT molecular complexity index is 423. The normalized spacial score (nSPS) is 10.5. The summed E-state index contributed by atoms with van der Waals surface area (Å²) < 4.78 is 5.28. The third-order valence-corrected chi connectivity index (χ3v) is 1.69. The first kappa shape index (κ1) is 7.85. The van der Waals surface area contributed by atoms with E-state index in [9.17, 15) is 0 Å². The summed E-state index contributed by atoms with van der Waals surface area (Å²) in [6.07, 6.45) is 0. The Morgan fingerprint density at radius 2 is 2.38 bits per heavy atom. The van der Waals surface area contributed by atoms with E-state index in [4.69, 9.17) is 10.5 Å². The molecule has 0 aromatic carbocycles. The fourth-order valence-corrected chi connectivity index (χ4v) is 1.14. The Hall–Kier alpha value is -1.78. The van der Waals surface area contributed by atoms with E-state index in [-0.39, 0.29) is 0 Å². The number of pyridine rings is 1. The second-order valence-corrected chi connectivity index (χ2v) is 2.59. The number of hydrogen-bond donors (Lipinski definition) is 2. The lowest BCUT2D eigenvalue weighted by Crippen LogP contribution is -1.92. The zero-order valence-corrected chi connectivity index (χ0v) is 7.24. The first-order valence-electron chi connectivity index (χ1n) is 4.04. The number of nitrogens with two attached hydrogens (primary N) is 1. The average Bonchev–Trinajstić information content (AvgIpc) is 2.49. The molecule has 0 spiro atoms. The minimum absolute atomic E-state index is 0.471. The maximum atomic E-state index is 5.51. The molecule has 0 bridgehead atoms. The minimum atomic E-state index is 0.471. The van der Waals surface area contributed by atoms with Crippen molar-refractivity contribution < 1.29 is 4.74 Å². The van der Waals surface area contributed by atoms with Gasteiger partial charge in [-0.25, -0.2) is 4.98 Å². The number of rotatable bonds is 2. The quantitative estimate of drug-likeness (QED) is 0.717. The van der Waals surface area contributed by atoms with E-state index in [2.05, 4.69) is 15.2 Å². The van der Waals surface area contributed by atoms with Gasteiger partial charge in [-0.15, -0.1) is 5.10 Å². The van der Waals surface area contributed by atoms with Crippen LogP contribution in [0.15, 0.2) is 12.1 Å². The predicted octanol–water partition coefficient (Wildman–Crippen LogP) is 0.939. The van der Waals surface area contributed by atoms with Crippen molar-refractivity contribution in [3.05, 3.63) is 12.1 Å². The third kappa shape index (κ3) is 1.28. The van der Waals surface area contributed by atoms with Crippen LogP contribution in [-0.2, 0) is 0 Å². The van der Waals surface area contributed by atoms with Crippen molar-refractivity contribution in [3.63, 3.8) is 0 Å². The highest BCUT2D eigenvalue weighted by Gasteiger charge is 2.06. The van der Waals surface area contributed by atoms with Gasteiger partial charge in [0.25, 0.3) is 0 Å². The third-order valence-electron chi connectivity index (χ3n) is 1.69. The summed E-state index contributed by atoms with van der Waals surface area (Å²) in [5, 5.41) is 7.57. The number of fused-ring (bicyclic) bond motifs is 1. The number of nitrogens with zero attached hydrogens (tertiary/aromatic N) is 2. The highest BCUT2D eigenvalue weighted by molar-refractivity contribution is 5.81. The molecule has 5 heteroatoms. The lowest BCUT2D eigenvalue weighted by atomic mass is 10.3. The molecule has 0 aliphatic rings. The van der Waals surface area contributed by atoms with Crippen LogP contribution in [-0.4, -0.2) is 21.8 Å². The summed E-state index contributed by atoms with van der Waals surface area (Å²) >= 11 is 0. The lowest BCUT2D eigenvalue weighted by Gasteiger charge is -1.96. The van der Waals surface area contributed by atoms with Gasteiger partial charge in [-0.2, -0.15) is 0 Å². The number of anilines is 1. The van der Waals surface area contributed by atoms with E-state index in [0.29, 0.717) is 24.0 Å². The topological polar surface area (TPSA) is 76.8 Å². The molecule has 0 aliphatic carbocycles. The van der Waals surface area contributed by atoms with Gasteiger partial charge >= 0.3 is 0 Å². The highest BCUT2D eigenvalue weighted by atomic mass is 16.5. The highest BCUT2D eigenvalue weighted by Crippen LogP contribution is 2.21. The van der Waals surface area contributed by atoms with E-state index in [1.807, 2.05) is 13.0 Å². The molecule has 68 valence electrons. The van der Waals surface area contributed by atoms with Gasteiger partial charge in [-0.3, -0.25) is 5.10 Å². The van der Waals surface area contributed by atoms with Crippen molar-refractivity contribution in [1.29, 1.82) is 0 Å². The van der Waals surface area contributed by atoms with Gasteiger partial charge < -0.3 is 10.5 Å². The summed E-state index contributed by atoms with van der Waals surface area (Å²) in [5.41, 5.74) is 6.16. The Balaban J connectivity index is 2.55. The summed E-state index contributed by atoms with van der Waals surface area (Å²) in [4.78, 5) is 4.06. The number of hydrogen-bond acceptors (Lipinski definition) is 4. The predicted molar refractivity (Wildman–Crippen MR) is 49.5 cm³/mol. The molecule has 0 saturated carbocycles. The number of aromatic amines is 1. The van der Waals surface area contributed by atoms with Gasteiger partial charge in [0, 0.05) is 0 Å². The molecule has 2 heterocycles. The number of H-pyrrole nitrogens is 1. The molecule has 0 saturated heterocycles. The van der Waals surface area contributed by atoms with Crippen LogP contribution in [0.4, 0.5) is 5.82 Å². The Morgan fingerprint density at radius 3 is 3.15 bits per heavy atom. The monoisotopic (exact) mass is 178 g/mol. The van der Waals surface area contributed by atoms with Crippen LogP contribution in [0.2, 0.25) is 0 Å². The van der Waals surface area contributed by atoms with Gasteiger partial charge in [0.2, 0.25) is 5.88 Å². The molecule has 5 nitrogen and oxygen atoms in total. The van der Waals surface area contributed by atoms with Gasteiger partial charge in [0.1, 0.15) is 5.82 Å². The Morgan fingerprint density at radius 1 is 1.54 bits per heavy atom. The molecular formula is C8H10N4O. The van der Waals surface area contributed by atoms with Crippen molar-refractivity contribution in [3.8, 4) is 5.88 Å². The molecule has 2 aromatic heterocycles. The Kier molecular flexibility index (Phi) is 1.77. The molecule has 0 amide bonds. The van der Waals surface area contributed by atoms with Gasteiger partial charge in [-0.05, 0) is 19.1 Å².